The third kappa shape index (κ3) is 17.2. The molecule has 0 N–H and O–H groups in total. The molecule has 0 atom stereocenters. The lowest BCUT2D eigenvalue weighted by molar-refractivity contribution is -0.661. The number of hydrogen-bond donors (Lipinski definition) is 0. The van der Waals surface area contributed by atoms with Crippen molar-refractivity contribution in [2.75, 3.05) is 0 Å². The number of aromatic nitrogens is 4. The predicted molar refractivity (Wildman–Crippen MR) is 399 cm³/mol. The highest BCUT2D eigenvalue weighted by Crippen LogP contribution is 2.44. The minimum absolute atomic E-state index is 0.108. The SMILES string of the molecule is CCC(C)(C)c1ccc(-c2ccccc2C)[n+](C)c1.CCC(C)(CC)c1cc(-c2ccccc2C)[n+](C)cc1C(C)(CC)CC.[2H]C([2H])([2H])c1ccc(-c2cc(C(C)(CC)CC)c(C(C)(CC)CC)c[n+]2C)c(C)c1.[2H]C([2H])([2H])c1ccc(-c2ccc(C(C)(C)CC)c[n+]2C)c(C)c1. The van der Waals surface area contributed by atoms with E-state index >= 15 is 0 Å². The molecule has 0 spiro atoms. The maximum Gasteiger partial charge on any atom is 0.212 e. The molecule has 0 fully saturated rings. The Morgan fingerprint density at radius 2 is 0.576 bits per heavy atom. The van der Waals surface area contributed by atoms with E-state index < -0.39 is 13.7 Å². The second kappa shape index (κ2) is 32.1. The van der Waals surface area contributed by atoms with Gasteiger partial charge < -0.3 is 0 Å². The molecular weight excluding hydrogens is 1110 g/mol. The minimum atomic E-state index is -2.08. The lowest BCUT2D eigenvalue weighted by Crippen LogP contribution is -2.38. The zero-order chi connectivity index (χ0) is 73.9. The second-order valence-corrected chi connectivity index (χ2v) is 29.3. The summed E-state index contributed by atoms with van der Waals surface area (Å²) in [5, 5.41) is 0. The van der Waals surface area contributed by atoms with Crippen LogP contribution in [0.25, 0.3) is 45.0 Å². The Balaban J connectivity index is 0.000000239. The van der Waals surface area contributed by atoms with Gasteiger partial charge in [0.25, 0.3) is 0 Å². The van der Waals surface area contributed by atoms with E-state index in [1.807, 2.05) is 39.1 Å². The van der Waals surface area contributed by atoms with E-state index in [2.05, 4.69) is 288 Å². The van der Waals surface area contributed by atoms with Gasteiger partial charge in [-0.05, 0) is 208 Å². The number of benzene rings is 4. The average Bonchev–Trinajstić information content (AvgIpc) is 0.764. The molecule has 4 aromatic heterocycles. The van der Waals surface area contributed by atoms with Gasteiger partial charge in [0.1, 0.15) is 28.2 Å². The van der Waals surface area contributed by atoms with E-state index in [0.29, 0.717) is 11.1 Å². The van der Waals surface area contributed by atoms with Crippen LogP contribution in [0.5, 0.6) is 0 Å². The van der Waals surface area contributed by atoms with Crippen LogP contribution in [0, 0.1) is 41.4 Å². The molecular formula is C88H128N4+4. The first-order valence-electron chi connectivity index (χ1n) is 38.1. The molecule has 0 saturated heterocycles. The fourth-order valence-corrected chi connectivity index (χ4v) is 12.9. The summed E-state index contributed by atoms with van der Waals surface area (Å²) in [5.74, 6) is 0. The van der Waals surface area contributed by atoms with Gasteiger partial charge in [0, 0.05) is 77.0 Å². The molecule has 0 amide bonds. The molecule has 0 radical (unpaired) electrons. The van der Waals surface area contributed by atoms with Crippen LogP contribution in [0.3, 0.4) is 0 Å². The molecule has 0 saturated carbocycles. The van der Waals surface area contributed by atoms with Crippen LogP contribution in [0.15, 0.2) is 146 Å². The fraction of sp³-hybridized carbons (Fsp3) is 0.500. The molecule has 0 aliphatic carbocycles. The van der Waals surface area contributed by atoms with Gasteiger partial charge in [-0.3, -0.25) is 0 Å². The van der Waals surface area contributed by atoms with Gasteiger partial charge in [-0.1, -0.05) is 196 Å². The first-order valence-corrected chi connectivity index (χ1v) is 35.1. The second-order valence-electron chi connectivity index (χ2n) is 29.3. The van der Waals surface area contributed by atoms with Crippen molar-refractivity contribution in [3.05, 3.63) is 213 Å². The van der Waals surface area contributed by atoms with E-state index in [0.717, 1.165) is 72.2 Å². The van der Waals surface area contributed by atoms with Crippen molar-refractivity contribution >= 4 is 0 Å². The van der Waals surface area contributed by atoms with Gasteiger partial charge in [-0.2, -0.15) is 0 Å². The number of rotatable bonds is 20. The third-order valence-corrected chi connectivity index (χ3v) is 22.8. The van der Waals surface area contributed by atoms with Gasteiger partial charge in [-0.25, -0.2) is 18.3 Å². The van der Waals surface area contributed by atoms with Crippen LogP contribution in [0.4, 0.5) is 0 Å². The van der Waals surface area contributed by atoms with E-state index in [-0.39, 0.29) is 32.5 Å². The van der Waals surface area contributed by atoms with Crippen molar-refractivity contribution in [1.29, 1.82) is 0 Å². The zero-order valence-electron chi connectivity index (χ0n) is 68.7. The quantitative estimate of drug-likeness (QED) is 0.0676. The van der Waals surface area contributed by atoms with Gasteiger partial charge in [0.2, 0.25) is 22.8 Å². The molecule has 0 aliphatic rings. The molecule has 8 rings (SSSR count). The summed E-state index contributed by atoms with van der Waals surface area (Å²) in [6, 6.07) is 41.9. The van der Waals surface area contributed by atoms with Crippen molar-refractivity contribution in [1.82, 2.24) is 0 Å². The Morgan fingerprint density at radius 3 is 0.859 bits per heavy atom. The van der Waals surface area contributed by atoms with Gasteiger partial charge in [-0.15, -0.1) is 0 Å². The molecule has 0 unspecified atom stereocenters. The molecule has 496 valence electrons. The van der Waals surface area contributed by atoms with Crippen LogP contribution >= 0.6 is 0 Å². The maximum atomic E-state index is 7.72. The predicted octanol–water partition coefficient (Wildman–Crippen LogP) is 22.2. The molecule has 0 aliphatic heterocycles. The highest BCUT2D eigenvalue weighted by molar-refractivity contribution is 5.65. The summed E-state index contributed by atoms with van der Waals surface area (Å²) in [6.45, 7) is 45.9. The molecule has 0 bridgehead atoms. The molecule has 8 aromatic rings. The van der Waals surface area contributed by atoms with Crippen LogP contribution in [-0.4, -0.2) is 0 Å². The van der Waals surface area contributed by atoms with Gasteiger partial charge >= 0.3 is 0 Å². The standard InChI is InChI=1S/C26H40N.C25H38N.C19H26N.C18H24N/c1-10-25(7,11-2)22-17-24(21-15-14-19(5)16-20(21)6)27(9)18-23(22)26(8,12-3)13-4;1-9-24(6,10-2)21-17-23(20-16-14-13-15-19(20)5)26(8)18-22(21)25(7,11-3)12-4;1-7-19(4,5)16-9-11-18(20(6)13-16)17-10-8-14(2)12-15(17)3;1-6-18(3,4)15-11-12-17(19(5)13-15)16-10-8-7-9-14(16)2/h14-18H,10-13H2,1-9H3;13-18H,9-12H2,1-8H3;8-13H,7H2,1-6H3;7-13H,6H2,1-5H3/q4*+1/i5D3;;2D3;. The van der Waals surface area contributed by atoms with Crippen LogP contribution < -0.4 is 18.3 Å². The molecule has 4 nitrogen and oxygen atoms in total. The monoisotopic (exact) mass is 1250 g/mol. The molecule has 4 heterocycles. The lowest BCUT2D eigenvalue weighted by atomic mass is 9.68. The normalized spacial score (nSPS) is 13.4. The van der Waals surface area contributed by atoms with E-state index in [4.69, 9.17) is 8.22 Å². The topological polar surface area (TPSA) is 15.5 Å². The van der Waals surface area contributed by atoms with Crippen molar-refractivity contribution in [3.8, 4) is 45.0 Å². The first kappa shape index (κ1) is 66.9. The fourth-order valence-electron chi connectivity index (χ4n) is 12.9. The Bertz CT molecular complexity index is 3960. The van der Waals surface area contributed by atoms with E-state index in [1.54, 1.807) is 23.8 Å². The smallest absolute Gasteiger partial charge is 0.201 e. The van der Waals surface area contributed by atoms with E-state index in [1.165, 1.54) is 87.1 Å². The van der Waals surface area contributed by atoms with Gasteiger partial charge in [0.15, 0.2) is 24.8 Å². The Labute approximate surface area is 572 Å². The summed E-state index contributed by atoms with van der Waals surface area (Å²) in [5.41, 5.74) is 24.8. The highest BCUT2D eigenvalue weighted by Gasteiger charge is 2.38. The van der Waals surface area contributed by atoms with Crippen LogP contribution in [0.2, 0.25) is 0 Å². The number of hydrogen-bond acceptors (Lipinski definition) is 0. The molecule has 4 heteroatoms. The summed E-state index contributed by atoms with van der Waals surface area (Å²) in [4.78, 5) is 0. The first-order chi connectivity index (χ1) is 45.6. The van der Waals surface area contributed by atoms with Crippen molar-refractivity contribution in [3.63, 3.8) is 0 Å². The lowest BCUT2D eigenvalue weighted by Gasteiger charge is -2.36. The molecule has 92 heavy (non-hydrogen) atoms. The Kier molecular flexibility index (Phi) is 23.3. The Morgan fingerprint density at radius 1 is 0.293 bits per heavy atom. The van der Waals surface area contributed by atoms with Crippen LogP contribution in [0.1, 0.15) is 264 Å². The average molecular weight is 1250 g/mol. The maximum absolute atomic E-state index is 7.72. The molecule has 4 aromatic carbocycles. The largest absolute Gasteiger partial charge is 0.212 e. The van der Waals surface area contributed by atoms with Crippen LogP contribution in [-0.2, 0) is 60.7 Å². The van der Waals surface area contributed by atoms with Crippen molar-refractivity contribution in [2.24, 2.45) is 28.2 Å². The highest BCUT2D eigenvalue weighted by atomic mass is 14.9. The number of pyridine rings is 4. The minimum Gasteiger partial charge on any atom is -0.201 e. The van der Waals surface area contributed by atoms with Crippen molar-refractivity contribution < 1.29 is 26.5 Å². The summed E-state index contributed by atoms with van der Waals surface area (Å²) < 4.78 is 54.7. The number of aryl methyl sites for hydroxylation is 10. The van der Waals surface area contributed by atoms with E-state index in [9.17, 15) is 0 Å². The Hall–Kier alpha value is -6.52. The summed E-state index contributed by atoms with van der Waals surface area (Å²) >= 11 is 0. The van der Waals surface area contributed by atoms with Crippen molar-refractivity contribution in [2.45, 2.75) is 263 Å². The third-order valence-electron chi connectivity index (χ3n) is 22.8. The summed E-state index contributed by atoms with van der Waals surface area (Å²) in [7, 11) is 8.50. The zero-order valence-corrected chi connectivity index (χ0v) is 62.7. The van der Waals surface area contributed by atoms with Gasteiger partial charge in [0.05, 0.1) is 0 Å². The number of nitrogens with zero attached hydrogens (tertiary/aromatic N) is 4. The summed E-state index contributed by atoms with van der Waals surface area (Å²) in [6.07, 6.45) is 20.5.